The van der Waals surface area contributed by atoms with Crippen LogP contribution in [0, 0.1) is 0 Å². The molecule has 3 aromatic rings. The first-order valence-electron chi connectivity index (χ1n) is 11.7. The molecule has 3 heterocycles. The van der Waals surface area contributed by atoms with Crippen molar-refractivity contribution in [1.82, 2.24) is 34.9 Å². The van der Waals surface area contributed by atoms with Gasteiger partial charge in [-0.25, -0.2) is 0 Å². The van der Waals surface area contributed by atoms with Crippen molar-refractivity contribution in [3.8, 4) is 0 Å². The summed E-state index contributed by atoms with van der Waals surface area (Å²) in [4.78, 5) is 17.1. The normalized spacial score (nSPS) is 15.2. The van der Waals surface area contributed by atoms with Crippen LogP contribution in [0.5, 0.6) is 0 Å². The third-order valence-corrected chi connectivity index (χ3v) is 5.97. The number of piperidine rings is 1. The Morgan fingerprint density at radius 1 is 1.09 bits per heavy atom. The van der Waals surface area contributed by atoms with Crippen molar-refractivity contribution in [3.63, 3.8) is 0 Å². The van der Waals surface area contributed by atoms with Gasteiger partial charge in [-0.3, -0.25) is 9.69 Å². The molecule has 0 unspecified atom stereocenters. The van der Waals surface area contributed by atoms with E-state index in [9.17, 15) is 4.79 Å². The Balaban J connectivity index is 1.22. The zero-order chi connectivity index (χ0) is 23.0. The second kappa shape index (κ2) is 11.2. The minimum absolute atomic E-state index is 0.0634. The lowest BCUT2D eigenvalue weighted by molar-refractivity contribution is -0.122. The number of nitrogens with one attached hydrogen (secondary N) is 2. The molecule has 9 heteroatoms. The van der Waals surface area contributed by atoms with Gasteiger partial charge < -0.3 is 15.5 Å². The summed E-state index contributed by atoms with van der Waals surface area (Å²) in [5, 5.41) is 19.5. The largest absolute Gasteiger partial charge is 0.367 e. The van der Waals surface area contributed by atoms with Gasteiger partial charge in [0.2, 0.25) is 5.91 Å². The zero-order valence-electron chi connectivity index (χ0n) is 19.6. The van der Waals surface area contributed by atoms with E-state index in [1.807, 2.05) is 32.3 Å². The summed E-state index contributed by atoms with van der Waals surface area (Å²) >= 11 is 0. The first-order valence-corrected chi connectivity index (χ1v) is 11.7. The summed E-state index contributed by atoms with van der Waals surface area (Å²) in [6, 6.07) is 14.6. The number of hydrogen-bond donors (Lipinski definition) is 2. The number of amides is 1. The van der Waals surface area contributed by atoms with Crippen molar-refractivity contribution in [3.05, 3.63) is 53.9 Å². The van der Waals surface area contributed by atoms with Crippen LogP contribution in [0.1, 0.15) is 30.7 Å². The molecule has 4 rings (SSSR count). The number of fused-ring (bicyclic) bond motifs is 1. The molecule has 176 valence electrons. The molecule has 2 N–H and O–H groups in total. The van der Waals surface area contributed by atoms with Crippen LogP contribution >= 0.6 is 0 Å². The number of carbonyl (C=O) groups excluding carboxylic acids is 1. The predicted octanol–water partition coefficient (Wildman–Crippen LogP) is 1.81. The summed E-state index contributed by atoms with van der Waals surface area (Å²) in [6.45, 7) is 4.69. The molecular weight excluding hydrogens is 416 g/mol. The average molecular weight is 451 g/mol. The fourth-order valence-corrected chi connectivity index (χ4v) is 4.09. The number of carbonyl (C=O) groups is 1. The van der Waals surface area contributed by atoms with E-state index in [-0.39, 0.29) is 11.9 Å². The Kier molecular flexibility index (Phi) is 7.85. The van der Waals surface area contributed by atoms with Crippen LogP contribution in [0.4, 0.5) is 5.82 Å². The van der Waals surface area contributed by atoms with Crippen LogP contribution in [0.3, 0.4) is 0 Å². The van der Waals surface area contributed by atoms with E-state index in [1.54, 1.807) is 4.52 Å². The number of rotatable bonds is 10. The molecule has 1 fully saturated rings. The van der Waals surface area contributed by atoms with Crippen molar-refractivity contribution in [1.29, 1.82) is 0 Å². The maximum atomic E-state index is 12.6. The van der Waals surface area contributed by atoms with Gasteiger partial charge in [0.1, 0.15) is 5.82 Å². The van der Waals surface area contributed by atoms with Gasteiger partial charge in [-0.05, 0) is 44.6 Å². The number of anilines is 1. The highest BCUT2D eigenvalue weighted by Gasteiger charge is 2.21. The Hall–Kier alpha value is -3.04. The quantitative estimate of drug-likeness (QED) is 0.487. The second-order valence-corrected chi connectivity index (χ2v) is 8.94. The van der Waals surface area contributed by atoms with Gasteiger partial charge in [0.15, 0.2) is 11.5 Å². The van der Waals surface area contributed by atoms with Crippen LogP contribution in [0.2, 0.25) is 0 Å². The number of nitrogens with zero attached hydrogens (tertiary/aromatic N) is 6. The molecule has 1 saturated heterocycles. The third kappa shape index (κ3) is 6.72. The second-order valence-electron chi connectivity index (χ2n) is 8.94. The van der Waals surface area contributed by atoms with E-state index in [0.717, 1.165) is 51.4 Å². The Morgan fingerprint density at radius 3 is 2.64 bits per heavy atom. The molecule has 0 spiro atoms. The van der Waals surface area contributed by atoms with Gasteiger partial charge in [0.05, 0.1) is 0 Å². The molecule has 0 bridgehead atoms. The van der Waals surface area contributed by atoms with Crippen LogP contribution < -0.4 is 10.6 Å². The Bertz CT molecular complexity index is 1030. The molecule has 1 aromatic carbocycles. The SMILES string of the molecule is CN(C)CCNc1ccc2nnc(CCC(=O)NC3CCN(Cc4ccccc4)CC3)n2n1. The molecule has 0 radical (unpaired) electrons. The maximum absolute atomic E-state index is 12.6. The molecule has 1 aliphatic heterocycles. The summed E-state index contributed by atoms with van der Waals surface area (Å²) in [6.07, 6.45) is 2.85. The van der Waals surface area contributed by atoms with Crippen LogP contribution in [0.15, 0.2) is 42.5 Å². The molecule has 1 amide bonds. The van der Waals surface area contributed by atoms with E-state index in [4.69, 9.17) is 0 Å². The molecule has 0 saturated carbocycles. The molecule has 0 atom stereocenters. The summed E-state index contributed by atoms with van der Waals surface area (Å²) in [7, 11) is 4.07. The molecule has 1 aliphatic rings. The Morgan fingerprint density at radius 2 is 1.88 bits per heavy atom. The molecular formula is C24H34N8O. The summed E-state index contributed by atoms with van der Waals surface area (Å²) < 4.78 is 1.73. The predicted molar refractivity (Wildman–Crippen MR) is 129 cm³/mol. The highest BCUT2D eigenvalue weighted by Crippen LogP contribution is 2.14. The number of likely N-dealkylation sites (N-methyl/N-ethyl adjacent to an activating group) is 1. The highest BCUT2D eigenvalue weighted by atomic mass is 16.1. The number of benzene rings is 1. The molecule has 2 aromatic heterocycles. The van der Waals surface area contributed by atoms with Gasteiger partial charge in [0, 0.05) is 51.6 Å². The number of hydrogen-bond acceptors (Lipinski definition) is 7. The lowest BCUT2D eigenvalue weighted by Crippen LogP contribution is -2.44. The van der Waals surface area contributed by atoms with E-state index in [2.05, 4.69) is 60.0 Å². The molecule has 33 heavy (non-hydrogen) atoms. The van der Waals surface area contributed by atoms with E-state index < -0.39 is 0 Å². The van der Waals surface area contributed by atoms with Gasteiger partial charge in [-0.1, -0.05) is 30.3 Å². The fraction of sp³-hybridized carbons (Fsp3) is 0.500. The lowest BCUT2D eigenvalue weighted by atomic mass is 10.0. The number of aromatic nitrogens is 4. The van der Waals surface area contributed by atoms with Gasteiger partial charge >= 0.3 is 0 Å². The molecule has 9 nitrogen and oxygen atoms in total. The topological polar surface area (TPSA) is 90.7 Å². The van der Waals surface area contributed by atoms with E-state index in [0.29, 0.717) is 24.3 Å². The fourth-order valence-electron chi connectivity index (χ4n) is 4.09. The van der Waals surface area contributed by atoms with Gasteiger partial charge in [-0.2, -0.15) is 4.52 Å². The standard InChI is InChI=1S/C24H34N8O/c1-30(2)17-14-25-21-8-9-22-27-28-23(32(22)29-21)10-11-24(33)26-20-12-15-31(16-13-20)18-19-6-4-3-5-7-19/h3-9,20H,10-18H2,1-2H3,(H,25,29)(H,26,33). The van der Waals surface area contributed by atoms with Crippen molar-refractivity contribution in [2.45, 2.75) is 38.3 Å². The van der Waals surface area contributed by atoms with Crippen molar-refractivity contribution in [2.24, 2.45) is 0 Å². The van der Waals surface area contributed by atoms with Crippen molar-refractivity contribution < 1.29 is 4.79 Å². The monoisotopic (exact) mass is 450 g/mol. The van der Waals surface area contributed by atoms with Crippen LogP contribution in [-0.2, 0) is 17.8 Å². The number of aryl methyl sites for hydroxylation is 1. The van der Waals surface area contributed by atoms with Crippen LogP contribution in [0.25, 0.3) is 5.65 Å². The van der Waals surface area contributed by atoms with Gasteiger partial charge in [-0.15, -0.1) is 15.3 Å². The first kappa shape index (κ1) is 23.1. The number of likely N-dealkylation sites (tertiary alicyclic amines) is 1. The third-order valence-electron chi connectivity index (χ3n) is 5.97. The van der Waals surface area contributed by atoms with E-state index in [1.165, 1.54) is 5.56 Å². The highest BCUT2D eigenvalue weighted by molar-refractivity contribution is 5.76. The van der Waals surface area contributed by atoms with Gasteiger partial charge in [0.25, 0.3) is 0 Å². The minimum Gasteiger partial charge on any atom is -0.367 e. The average Bonchev–Trinajstić information content (AvgIpc) is 3.22. The zero-order valence-corrected chi connectivity index (χ0v) is 19.6. The van der Waals surface area contributed by atoms with Crippen molar-refractivity contribution >= 4 is 17.4 Å². The van der Waals surface area contributed by atoms with Crippen molar-refractivity contribution in [2.75, 3.05) is 45.6 Å². The lowest BCUT2D eigenvalue weighted by Gasteiger charge is -2.32. The van der Waals surface area contributed by atoms with E-state index >= 15 is 0 Å². The molecule has 0 aliphatic carbocycles. The smallest absolute Gasteiger partial charge is 0.220 e. The first-order chi connectivity index (χ1) is 16.1. The Labute approximate surface area is 195 Å². The summed E-state index contributed by atoms with van der Waals surface area (Å²) in [5.74, 6) is 1.54. The maximum Gasteiger partial charge on any atom is 0.220 e. The minimum atomic E-state index is 0.0634. The summed E-state index contributed by atoms with van der Waals surface area (Å²) in [5.41, 5.74) is 2.03. The van der Waals surface area contributed by atoms with Crippen LogP contribution in [-0.4, -0.2) is 81.8 Å².